The second kappa shape index (κ2) is 28.6. The Morgan fingerprint density at radius 1 is 0.533 bits per heavy atom. The van der Waals surface area contributed by atoms with Crippen LogP contribution in [0.3, 0.4) is 0 Å². The van der Waals surface area contributed by atoms with Gasteiger partial charge in [-0.05, 0) is 85.5 Å². The maximum Gasteiger partial charge on any atom is 0.306 e. The van der Waals surface area contributed by atoms with Crippen molar-refractivity contribution in [1.82, 2.24) is 16.3 Å². The maximum absolute atomic E-state index is 12.7. The minimum absolute atomic E-state index is 0.0105. The number of hydrogen-bond acceptors (Lipinski definition) is 14. The van der Waals surface area contributed by atoms with Crippen LogP contribution in [0.5, 0.6) is 0 Å². The molecule has 0 rings (SSSR count). The fourth-order valence-corrected chi connectivity index (χ4v) is 4.41. The smallest absolute Gasteiger partial charge is 0.306 e. The van der Waals surface area contributed by atoms with Gasteiger partial charge in [-0.1, -0.05) is 48.5 Å². The molecule has 0 spiro atoms. The fraction of sp³-hybridized carbons (Fsp3) is 0.738. The number of hydrazone groups is 3. The Bertz CT molecular complexity index is 1560. The van der Waals surface area contributed by atoms with Crippen molar-refractivity contribution < 1.29 is 47.8 Å². The monoisotopic (exact) mass is 851 g/mol. The van der Waals surface area contributed by atoms with Crippen molar-refractivity contribution in [3.05, 3.63) is 0 Å². The minimum Gasteiger partial charge on any atom is -0.462 e. The predicted octanol–water partition coefficient (Wildman–Crippen LogP) is 4.55. The lowest BCUT2D eigenvalue weighted by molar-refractivity contribution is -0.153. The first kappa shape index (κ1) is 57.2. The molecule has 0 bridgehead atoms. The number of nitrogens with two attached hydrogens (primary N) is 2. The first-order chi connectivity index (χ1) is 27.5. The third kappa shape index (κ3) is 27.8. The van der Waals surface area contributed by atoms with Crippen LogP contribution in [-0.4, -0.2) is 82.0 Å². The number of Topliss-reactive ketones (excluding diaryl/α,β-unsaturated/α-hetero) is 2. The first-order valence-electron chi connectivity index (χ1n) is 20.5. The molecular formula is C42H74N8O10. The van der Waals surface area contributed by atoms with Gasteiger partial charge in [-0.3, -0.25) is 38.4 Å². The Labute approximate surface area is 356 Å². The number of ether oxygens (including phenoxy) is 2. The summed E-state index contributed by atoms with van der Waals surface area (Å²) in [5.41, 5.74) is 18.4. The van der Waals surface area contributed by atoms with Gasteiger partial charge in [0.05, 0.1) is 24.7 Å². The van der Waals surface area contributed by atoms with E-state index >= 15 is 0 Å². The molecule has 4 atom stereocenters. The van der Waals surface area contributed by atoms with Gasteiger partial charge in [-0.25, -0.2) is 16.3 Å². The highest BCUT2D eigenvalue weighted by Gasteiger charge is 2.34. The van der Waals surface area contributed by atoms with Gasteiger partial charge in [0.15, 0.2) is 0 Å². The average Bonchev–Trinajstić information content (AvgIpc) is 3.13. The number of esters is 2. The molecule has 0 aliphatic carbocycles. The van der Waals surface area contributed by atoms with E-state index in [9.17, 15) is 38.4 Å². The molecule has 342 valence electrons. The topological polar surface area (TPSA) is 280 Å². The third-order valence-electron chi connectivity index (χ3n) is 9.68. The molecule has 0 saturated heterocycles. The van der Waals surface area contributed by atoms with Crippen LogP contribution in [0.2, 0.25) is 0 Å². The zero-order chi connectivity index (χ0) is 47.0. The number of ketones is 2. The van der Waals surface area contributed by atoms with Crippen LogP contribution < -0.4 is 27.7 Å². The molecule has 18 heteroatoms. The van der Waals surface area contributed by atoms with Crippen LogP contribution >= 0.6 is 0 Å². The molecule has 7 N–H and O–H groups in total. The number of hydrogen-bond donors (Lipinski definition) is 5. The van der Waals surface area contributed by atoms with E-state index in [1.807, 2.05) is 27.7 Å². The molecule has 18 nitrogen and oxygen atoms in total. The van der Waals surface area contributed by atoms with Gasteiger partial charge in [0.1, 0.15) is 36.6 Å². The number of nitrogens with zero attached hydrogens (tertiary/aromatic N) is 3. The van der Waals surface area contributed by atoms with Crippen LogP contribution in [0, 0.1) is 23.2 Å². The van der Waals surface area contributed by atoms with Gasteiger partial charge in [-0.2, -0.15) is 15.3 Å². The van der Waals surface area contributed by atoms with E-state index in [2.05, 4.69) is 52.4 Å². The van der Waals surface area contributed by atoms with Gasteiger partial charge >= 0.3 is 11.9 Å². The van der Waals surface area contributed by atoms with Gasteiger partial charge in [0.25, 0.3) is 0 Å². The standard InChI is InChI=1S/C38H64N8O10.C4H10/c1-22(12-15-29(47)25(4)27(6)55-35(53)16-13-23(2)42-44-32(50)20-31(39)49)41-45-33(51)21-34(52)46-43-24(3)14-17-36(54)56-28(7)26(5)30(48)18-19-37(8,9)38(10,11)40;1-4(2)3/h25-28H,12-21,40H2,1-11H3,(H2,39,49)(H,44,50)(H,45,51)(H,46,52);4H,1-3H3/b41-22+,42-23+,43-24+;. The highest BCUT2D eigenvalue weighted by Crippen LogP contribution is 2.34. The molecule has 4 unspecified atom stereocenters. The lowest BCUT2D eigenvalue weighted by atomic mass is 9.71. The van der Waals surface area contributed by atoms with Gasteiger partial charge < -0.3 is 20.9 Å². The molecule has 0 aromatic heterocycles. The molecule has 0 aromatic rings. The summed E-state index contributed by atoms with van der Waals surface area (Å²) in [5, 5.41) is 11.6. The molecule has 0 aromatic carbocycles. The van der Waals surface area contributed by atoms with E-state index in [0.29, 0.717) is 30.0 Å². The summed E-state index contributed by atoms with van der Waals surface area (Å²) in [6, 6.07) is 0. The van der Waals surface area contributed by atoms with Crippen molar-refractivity contribution in [3.8, 4) is 0 Å². The largest absolute Gasteiger partial charge is 0.462 e. The van der Waals surface area contributed by atoms with E-state index in [-0.39, 0.29) is 55.5 Å². The summed E-state index contributed by atoms with van der Waals surface area (Å²) < 4.78 is 10.8. The van der Waals surface area contributed by atoms with Crippen LogP contribution in [0.15, 0.2) is 15.3 Å². The molecule has 0 aliphatic heterocycles. The Morgan fingerprint density at radius 3 is 1.18 bits per heavy atom. The molecule has 60 heavy (non-hydrogen) atoms. The Morgan fingerprint density at radius 2 is 0.850 bits per heavy atom. The van der Waals surface area contributed by atoms with Crippen molar-refractivity contribution >= 4 is 64.3 Å². The van der Waals surface area contributed by atoms with Crippen LogP contribution in [0.1, 0.15) is 161 Å². The third-order valence-corrected chi connectivity index (χ3v) is 9.68. The predicted molar refractivity (Wildman–Crippen MR) is 231 cm³/mol. The fourth-order valence-electron chi connectivity index (χ4n) is 4.41. The van der Waals surface area contributed by atoms with Crippen molar-refractivity contribution in [1.29, 1.82) is 0 Å². The zero-order valence-corrected chi connectivity index (χ0v) is 38.5. The van der Waals surface area contributed by atoms with Crippen LogP contribution in [0.25, 0.3) is 0 Å². The van der Waals surface area contributed by atoms with E-state index in [1.54, 1.807) is 48.5 Å². The van der Waals surface area contributed by atoms with Crippen LogP contribution in [-0.2, 0) is 47.8 Å². The average molecular weight is 851 g/mol. The number of carbonyl (C=O) groups is 8. The normalized spacial score (nSPS) is 14.4. The van der Waals surface area contributed by atoms with E-state index < -0.39 is 78.0 Å². The summed E-state index contributed by atoms with van der Waals surface area (Å²) in [4.78, 5) is 96.7. The number of amides is 4. The van der Waals surface area contributed by atoms with Crippen molar-refractivity contribution in [2.75, 3.05) is 0 Å². The number of carbonyl (C=O) groups excluding carboxylic acids is 8. The van der Waals surface area contributed by atoms with E-state index in [1.165, 1.54) is 0 Å². The highest BCUT2D eigenvalue weighted by atomic mass is 16.5. The molecule has 0 fully saturated rings. The summed E-state index contributed by atoms with van der Waals surface area (Å²) in [6.07, 6.45) is -0.925. The lowest BCUT2D eigenvalue weighted by Gasteiger charge is -2.38. The number of primary amides is 1. The Kier molecular flexibility index (Phi) is 27.2. The summed E-state index contributed by atoms with van der Waals surface area (Å²) in [6.45, 7) is 25.8. The lowest BCUT2D eigenvalue weighted by Crippen LogP contribution is -2.47. The highest BCUT2D eigenvalue weighted by molar-refractivity contribution is 5.98. The molecule has 0 aliphatic rings. The summed E-state index contributed by atoms with van der Waals surface area (Å²) >= 11 is 0. The first-order valence-corrected chi connectivity index (χ1v) is 20.5. The van der Waals surface area contributed by atoms with Gasteiger partial charge in [0.2, 0.25) is 23.6 Å². The van der Waals surface area contributed by atoms with Gasteiger partial charge in [0, 0.05) is 35.5 Å². The molecule has 0 heterocycles. The molecule has 0 saturated carbocycles. The SMILES string of the molecule is C/C(CCC(=O)OC(C)C(C)C(=O)CC/C(C)=N/NC(=O)CC(=O)N/N=C(\C)CCC(=O)OC(C)C(C)C(=O)CCC(C)(C)C(C)(C)N)=N\NC(=O)CC(N)=O.CC(C)C. The van der Waals surface area contributed by atoms with Crippen molar-refractivity contribution in [2.24, 2.45) is 49.9 Å². The van der Waals surface area contributed by atoms with Gasteiger partial charge in [-0.15, -0.1) is 0 Å². The van der Waals surface area contributed by atoms with Crippen LogP contribution in [0.4, 0.5) is 0 Å². The second-order valence-electron chi connectivity index (χ2n) is 17.2. The maximum atomic E-state index is 12.7. The Hall–Kier alpha value is -4.87. The second-order valence-corrected chi connectivity index (χ2v) is 17.2. The number of nitrogens with one attached hydrogen (secondary N) is 3. The van der Waals surface area contributed by atoms with E-state index in [4.69, 9.17) is 20.9 Å². The zero-order valence-electron chi connectivity index (χ0n) is 38.5. The molecule has 4 amide bonds. The van der Waals surface area contributed by atoms with Crippen molar-refractivity contribution in [3.63, 3.8) is 0 Å². The van der Waals surface area contributed by atoms with Crippen molar-refractivity contribution in [2.45, 2.75) is 179 Å². The minimum atomic E-state index is -0.797. The summed E-state index contributed by atoms with van der Waals surface area (Å²) in [7, 11) is 0. The molecule has 0 radical (unpaired) electrons. The summed E-state index contributed by atoms with van der Waals surface area (Å²) in [5.74, 6) is -4.43. The number of rotatable bonds is 26. The quantitative estimate of drug-likeness (QED) is 0.0348. The van der Waals surface area contributed by atoms with E-state index in [0.717, 1.165) is 5.92 Å². The molecular weight excluding hydrogens is 777 g/mol. The Balaban J connectivity index is 0.